The molecule has 160 valence electrons. The zero-order valence-electron chi connectivity index (χ0n) is 17.3. The fourth-order valence-electron chi connectivity index (χ4n) is 7.22. The first-order valence-electron chi connectivity index (χ1n) is 11.3. The van der Waals surface area contributed by atoms with E-state index in [2.05, 4.69) is 17.1 Å². The third-order valence-corrected chi connectivity index (χ3v) is 9.98. The predicted molar refractivity (Wildman–Crippen MR) is 110 cm³/mol. The van der Waals surface area contributed by atoms with Crippen molar-refractivity contribution in [1.29, 1.82) is 0 Å². The Hall–Kier alpha value is -0.590. The Bertz CT molecular complexity index is 764. The molecule has 0 N–H and O–H groups in total. The molecule has 0 aromatic carbocycles. The van der Waals surface area contributed by atoms with E-state index >= 15 is 0 Å². The van der Waals surface area contributed by atoms with Crippen molar-refractivity contribution in [2.24, 2.45) is 11.3 Å². The van der Waals surface area contributed by atoms with Gasteiger partial charge in [0.25, 0.3) is 0 Å². The molecule has 3 heterocycles. The minimum absolute atomic E-state index is 0.0225. The van der Waals surface area contributed by atoms with Crippen molar-refractivity contribution in [2.75, 3.05) is 13.7 Å². The molecular weight excluding hydrogens is 392 g/mol. The minimum Gasteiger partial charge on any atom is -0.384 e. The number of ether oxygens (including phenoxy) is 2. The van der Waals surface area contributed by atoms with Crippen LogP contribution in [0.2, 0.25) is 0 Å². The second kappa shape index (κ2) is 6.46. The molecule has 29 heavy (non-hydrogen) atoms. The van der Waals surface area contributed by atoms with Crippen LogP contribution in [0.5, 0.6) is 0 Å². The smallest absolute Gasteiger partial charge is 0.245 e. The maximum atomic E-state index is 13.4. The summed E-state index contributed by atoms with van der Waals surface area (Å²) >= 11 is 1.92. The van der Waals surface area contributed by atoms with Crippen molar-refractivity contribution >= 4 is 11.8 Å². The SMILES string of the molecule is COCC1C=C(N2C3CC4CC35C(CC25)O4)C2SC(CCC(C)(F)F)C=C2CC1. The molecule has 8 unspecified atom stereocenters. The van der Waals surface area contributed by atoms with E-state index in [1.54, 1.807) is 7.11 Å². The molecule has 0 aromatic rings. The number of thioether (sulfide) groups is 1. The average Bonchev–Trinajstić information content (AvgIpc) is 3.27. The second-order valence-electron chi connectivity index (χ2n) is 10.2. The topological polar surface area (TPSA) is 21.7 Å². The molecule has 6 heteroatoms. The third-order valence-electron chi connectivity index (χ3n) is 8.45. The first kappa shape index (κ1) is 19.1. The van der Waals surface area contributed by atoms with E-state index in [1.807, 2.05) is 11.8 Å². The first-order valence-corrected chi connectivity index (χ1v) is 12.2. The molecule has 2 saturated carbocycles. The van der Waals surface area contributed by atoms with Crippen LogP contribution >= 0.6 is 11.8 Å². The maximum Gasteiger partial charge on any atom is 0.245 e. The van der Waals surface area contributed by atoms with Crippen LogP contribution in [-0.4, -0.2) is 59.3 Å². The number of halogens is 2. The van der Waals surface area contributed by atoms with E-state index in [0.29, 0.717) is 47.3 Å². The summed E-state index contributed by atoms with van der Waals surface area (Å²) in [6.45, 7) is 1.81. The lowest BCUT2D eigenvalue weighted by molar-refractivity contribution is -0.254. The third kappa shape index (κ3) is 2.74. The van der Waals surface area contributed by atoms with Gasteiger partial charge in [0.05, 0.1) is 24.1 Å². The van der Waals surface area contributed by atoms with E-state index in [9.17, 15) is 8.78 Å². The number of piperidine rings is 1. The van der Waals surface area contributed by atoms with Crippen LogP contribution < -0.4 is 0 Å². The van der Waals surface area contributed by atoms with Gasteiger partial charge in [0.1, 0.15) is 0 Å². The van der Waals surface area contributed by atoms with Gasteiger partial charge in [0.15, 0.2) is 0 Å². The van der Waals surface area contributed by atoms with Crippen molar-refractivity contribution in [2.45, 2.75) is 92.6 Å². The molecule has 6 rings (SSSR count). The Morgan fingerprint density at radius 3 is 2.90 bits per heavy atom. The van der Waals surface area contributed by atoms with Crippen LogP contribution in [0.25, 0.3) is 0 Å². The van der Waals surface area contributed by atoms with Crippen LogP contribution in [0.4, 0.5) is 8.78 Å². The molecule has 3 aliphatic carbocycles. The fraction of sp³-hybridized carbons (Fsp3) is 0.826. The van der Waals surface area contributed by atoms with Crippen molar-refractivity contribution in [3.63, 3.8) is 0 Å². The van der Waals surface area contributed by atoms with E-state index in [0.717, 1.165) is 26.4 Å². The van der Waals surface area contributed by atoms with E-state index in [4.69, 9.17) is 9.47 Å². The van der Waals surface area contributed by atoms with Crippen LogP contribution in [0.3, 0.4) is 0 Å². The molecule has 6 aliphatic rings. The Morgan fingerprint density at radius 2 is 2.14 bits per heavy atom. The van der Waals surface area contributed by atoms with Crippen molar-refractivity contribution in [1.82, 2.24) is 4.90 Å². The van der Waals surface area contributed by atoms with E-state index in [-0.39, 0.29) is 11.7 Å². The summed E-state index contributed by atoms with van der Waals surface area (Å²) in [5.41, 5.74) is 3.38. The predicted octanol–water partition coefficient (Wildman–Crippen LogP) is 4.78. The van der Waals surface area contributed by atoms with Gasteiger partial charge in [-0.1, -0.05) is 17.7 Å². The molecule has 0 aromatic heterocycles. The average molecular weight is 424 g/mol. The first-order chi connectivity index (χ1) is 13.9. The number of likely N-dealkylation sites (tertiary alicyclic amines) is 1. The Morgan fingerprint density at radius 1 is 1.31 bits per heavy atom. The van der Waals surface area contributed by atoms with Crippen molar-refractivity contribution in [3.8, 4) is 0 Å². The van der Waals surface area contributed by atoms with Crippen LogP contribution in [-0.2, 0) is 9.47 Å². The van der Waals surface area contributed by atoms with Crippen molar-refractivity contribution < 1.29 is 18.3 Å². The highest BCUT2D eigenvalue weighted by atomic mass is 32.2. The highest BCUT2D eigenvalue weighted by molar-refractivity contribution is 8.01. The molecule has 2 saturated heterocycles. The summed E-state index contributed by atoms with van der Waals surface area (Å²) < 4.78 is 38.6. The van der Waals surface area contributed by atoms with Gasteiger partial charge in [-0.25, -0.2) is 8.78 Å². The summed E-state index contributed by atoms with van der Waals surface area (Å²) in [6.07, 6.45) is 12.1. The maximum absolute atomic E-state index is 13.4. The molecule has 4 fully saturated rings. The van der Waals surface area contributed by atoms with Gasteiger partial charge in [-0.15, -0.1) is 11.8 Å². The quantitative estimate of drug-likeness (QED) is 0.574. The lowest BCUT2D eigenvalue weighted by Crippen LogP contribution is -2.80. The highest BCUT2D eigenvalue weighted by Gasteiger charge is 2.79. The van der Waals surface area contributed by atoms with Crippen LogP contribution in [0.15, 0.2) is 23.4 Å². The summed E-state index contributed by atoms with van der Waals surface area (Å²) in [7, 11) is 1.79. The number of alkyl halides is 2. The largest absolute Gasteiger partial charge is 0.384 e. The molecule has 2 bridgehead atoms. The van der Waals surface area contributed by atoms with Gasteiger partial charge >= 0.3 is 0 Å². The number of rotatable bonds is 6. The molecular formula is C23H31F2NO2S. The van der Waals surface area contributed by atoms with Gasteiger partial charge in [-0.3, -0.25) is 0 Å². The molecule has 0 amide bonds. The van der Waals surface area contributed by atoms with Gasteiger partial charge in [-0.05, 0) is 45.4 Å². The molecule has 8 atom stereocenters. The molecule has 1 spiro atoms. The van der Waals surface area contributed by atoms with Gasteiger partial charge < -0.3 is 14.4 Å². The van der Waals surface area contributed by atoms with Gasteiger partial charge in [0.2, 0.25) is 5.92 Å². The zero-order chi connectivity index (χ0) is 20.0. The van der Waals surface area contributed by atoms with Crippen LogP contribution in [0, 0.1) is 11.3 Å². The van der Waals surface area contributed by atoms with Crippen molar-refractivity contribution in [3.05, 3.63) is 23.4 Å². The molecule has 3 nitrogen and oxygen atoms in total. The fourth-order valence-corrected chi connectivity index (χ4v) is 8.79. The number of methoxy groups -OCH3 is 1. The second-order valence-corrected chi connectivity index (χ2v) is 11.6. The standard InChI is InChI=1S/C23H31F2NO2S/c1-22(24,25)6-5-16-8-14-4-3-13(12-27-2)7-17(21(14)29-16)26-18-9-15-11-23(18)19(26)10-20(23)28-15/h7-8,13,15-16,18-21H,3-6,9-12H2,1-2H3. The number of nitrogens with zero attached hydrogens (tertiary/aromatic N) is 1. The number of fused-ring (bicyclic) bond motifs is 2. The Balaban J connectivity index is 1.26. The minimum atomic E-state index is -2.57. The summed E-state index contributed by atoms with van der Waals surface area (Å²) in [4.78, 5) is 2.75. The number of hydrogen-bond donors (Lipinski definition) is 0. The summed E-state index contributed by atoms with van der Waals surface area (Å²) in [5, 5.41) is 0.569. The molecule has 0 radical (unpaired) electrons. The monoisotopic (exact) mass is 423 g/mol. The molecule has 3 aliphatic heterocycles. The van der Waals surface area contributed by atoms with Gasteiger partial charge in [-0.2, -0.15) is 0 Å². The zero-order valence-corrected chi connectivity index (χ0v) is 18.1. The highest BCUT2D eigenvalue weighted by Crippen LogP contribution is 2.72. The van der Waals surface area contributed by atoms with E-state index < -0.39 is 5.92 Å². The summed E-state index contributed by atoms with van der Waals surface area (Å²) in [5.74, 6) is -2.12. The number of hydrogen-bond acceptors (Lipinski definition) is 4. The normalized spacial score (nSPS) is 47.0. The lowest BCUT2D eigenvalue weighted by atomic mass is 9.51. The van der Waals surface area contributed by atoms with E-state index in [1.165, 1.54) is 30.5 Å². The van der Waals surface area contributed by atoms with Crippen LogP contribution in [0.1, 0.15) is 51.9 Å². The van der Waals surface area contributed by atoms with Gasteiger partial charge in [0, 0.05) is 47.9 Å². The lowest BCUT2D eigenvalue weighted by Gasteiger charge is -2.72. The Labute approximate surface area is 176 Å². The Kier molecular flexibility index (Phi) is 4.26. The summed E-state index contributed by atoms with van der Waals surface area (Å²) in [6, 6.07) is 1.27.